The number of amides is 1. The van der Waals surface area contributed by atoms with Crippen LogP contribution >= 0.6 is 11.6 Å². The highest BCUT2D eigenvalue weighted by molar-refractivity contribution is 7.89. The number of halogens is 2. The zero-order chi connectivity index (χ0) is 17.2. The number of aryl methyl sites for hydroxylation is 1. The minimum absolute atomic E-state index is 0.0365. The summed E-state index contributed by atoms with van der Waals surface area (Å²) in [6.07, 6.45) is 0. The molecule has 0 aliphatic rings. The summed E-state index contributed by atoms with van der Waals surface area (Å²) in [4.78, 5) is 12.1. The molecule has 0 saturated carbocycles. The van der Waals surface area contributed by atoms with Crippen molar-refractivity contribution >= 4 is 33.2 Å². The molecule has 2 N–H and O–H groups in total. The summed E-state index contributed by atoms with van der Waals surface area (Å²) < 4.78 is 39.8. The molecule has 122 valence electrons. The first-order chi connectivity index (χ1) is 10.7. The number of benzene rings is 2. The second kappa shape index (κ2) is 6.66. The highest BCUT2D eigenvalue weighted by atomic mass is 35.5. The highest BCUT2D eigenvalue weighted by Gasteiger charge is 2.17. The molecule has 0 aromatic heterocycles. The summed E-state index contributed by atoms with van der Waals surface area (Å²) in [6, 6.07) is 8.08. The fraction of sp³-hybridized carbons (Fsp3) is 0.133. The van der Waals surface area contributed by atoms with Crippen LogP contribution in [0.1, 0.15) is 15.9 Å². The molecule has 8 heteroatoms. The van der Waals surface area contributed by atoms with Gasteiger partial charge in [-0.2, -0.15) is 0 Å². The first kappa shape index (κ1) is 17.4. The van der Waals surface area contributed by atoms with E-state index in [0.29, 0.717) is 5.56 Å². The van der Waals surface area contributed by atoms with E-state index in [9.17, 15) is 17.6 Å². The van der Waals surface area contributed by atoms with Gasteiger partial charge in [0.1, 0.15) is 5.82 Å². The fourth-order valence-electron chi connectivity index (χ4n) is 1.95. The standard InChI is InChI=1S/C15H14ClFN2O3S/c1-9-3-5-11(8-14(9)23(21,22)18-2)19-15(20)12-6-4-10(16)7-13(12)17/h3-8,18H,1-2H3,(H,19,20). The van der Waals surface area contributed by atoms with Crippen LogP contribution in [0.3, 0.4) is 0 Å². The Morgan fingerprint density at radius 1 is 1.17 bits per heavy atom. The van der Waals surface area contributed by atoms with Gasteiger partial charge in [-0.3, -0.25) is 4.79 Å². The van der Waals surface area contributed by atoms with Crippen molar-refractivity contribution in [2.24, 2.45) is 0 Å². The Labute approximate surface area is 138 Å². The largest absolute Gasteiger partial charge is 0.322 e. The summed E-state index contributed by atoms with van der Waals surface area (Å²) in [6.45, 7) is 1.63. The van der Waals surface area contributed by atoms with Crippen LogP contribution in [0.4, 0.5) is 10.1 Å². The van der Waals surface area contributed by atoms with Gasteiger partial charge >= 0.3 is 0 Å². The van der Waals surface area contributed by atoms with Crippen molar-refractivity contribution < 1.29 is 17.6 Å². The second-order valence-electron chi connectivity index (χ2n) is 4.77. The third-order valence-electron chi connectivity index (χ3n) is 3.18. The van der Waals surface area contributed by atoms with Crippen molar-refractivity contribution in [2.45, 2.75) is 11.8 Å². The van der Waals surface area contributed by atoms with Crippen molar-refractivity contribution in [3.05, 3.63) is 58.4 Å². The molecule has 23 heavy (non-hydrogen) atoms. The van der Waals surface area contributed by atoms with E-state index in [1.165, 1.54) is 31.3 Å². The molecule has 2 aromatic carbocycles. The van der Waals surface area contributed by atoms with Crippen molar-refractivity contribution in [2.75, 3.05) is 12.4 Å². The second-order valence-corrected chi connectivity index (χ2v) is 7.06. The molecule has 0 aliphatic carbocycles. The van der Waals surface area contributed by atoms with E-state index in [1.807, 2.05) is 0 Å². The lowest BCUT2D eigenvalue weighted by molar-refractivity contribution is 0.102. The molecule has 2 aromatic rings. The molecule has 0 atom stereocenters. The molecule has 0 radical (unpaired) electrons. The maximum absolute atomic E-state index is 13.7. The van der Waals surface area contributed by atoms with Gasteiger partial charge < -0.3 is 5.32 Å². The van der Waals surface area contributed by atoms with Gasteiger partial charge in [0.25, 0.3) is 5.91 Å². The van der Waals surface area contributed by atoms with Gasteiger partial charge in [0.2, 0.25) is 10.0 Å². The summed E-state index contributed by atoms with van der Waals surface area (Å²) >= 11 is 5.64. The lowest BCUT2D eigenvalue weighted by atomic mass is 10.2. The molecule has 5 nitrogen and oxygen atoms in total. The molecular formula is C15H14ClFN2O3S. The van der Waals surface area contributed by atoms with E-state index in [2.05, 4.69) is 10.0 Å². The Bertz CT molecular complexity index is 869. The van der Waals surface area contributed by atoms with E-state index in [4.69, 9.17) is 11.6 Å². The number of nitrogens with one attached hydrogen (secondary N) is 2. The van der Waals surface area contributed by atoms with Crippen LogP contribution in [0, 0.1) is 12.7 Å². The minimum Gasteiger partial charge on any atom is -0.322 e. The number of sulfonamides is 1. The minimum atomic E-state index is -3.66. The Morgan fingerprint density at radius 3 is 2.48 bits per heavy atom. The normalized spacial score (nSPS) is 11.3. The molecular weight excluding hydrogens is 343 g/mol. The average Bonchev–Trinajstić information content (AvgIpc) is 2.48. The monoisotopic (exact) mass is 356 g/mol. The number of hydrogen-bond donors (Lipinski definition) is 2. The van der Waals surface area contributed by atoms with Gasteiger partial charge in [-0.15, -0.1) is 0 Å². The zero-order valence-corrected chi connectivity index (χ0v) is 13.9. The smallest absolute Gasteiger partial charge is 0.258 e. The third-order valence-corrected chi connectivity index (χ3v) is 4.97. The Morgan fingerprint density at radius 2 is 1.87 bits per heavy atom. The maximum atomic E-state index is 13.7. The number of hydrogen-bond acceptors (Lipinski definition) is 3. The van der Waals surface area contributed by atoms with Crippen molar-refractivity contribution in [3.8, 4) is 0 Å². The highest BCUT2D eigenvalue weighted by Crippen LogP contribution is 2.21. The zero-order valence-electron chi connectivity index (χ0n) is 12.4. The van der Waals surface area contributed by atoms with Gasteiger partial charge in [0, 0.05) is 10.7 Å². The van der Waals surface area contributed by atoms with Crippen molar-refractivity contribution in [1.82, 2.24) is 4.72 Å². The Hall–Kier alpha value is -1.96. The van der Waals surface area contributed by atoms with Gasteiger partial charge in [0.15, 0.2) is 0 Å². The molecule has 0 bridgehead atoms. The van der Waals surface area contributed by atoms with E-state index >= 15 is 0 Å². The van der Waals surface area contributed by atoms with Crippen LogP contribution in [0.5, 0.6) is 0 Å². The van der Waals surface area contributed by atoms with Gasteiger partial charge in [-0.25, -0.2) is 17.5 Å². The molecule has 0 unspecified atom stereocenters. The SMILES string of the molecule is CNS(=O)(=O)c1cc(NC(=O)c2ccc(Cl)cc2F)ccc1C. The van der Waals surface area contributed by atoms with Crippen LogP contribution in [0.2, 0.25) is 5.02 Å². The number of rotatable bonds is 4. The first-order valence-electron chi connectivity index (χ1n) is 6.55. The predicted molar refractivity (Wildman–Crippen MR) is 86.8 cm³/mol. The molecule has 2 rings (SSSR count). The fourth-order valence-corrected chi connectivity index (χ4v) is 3.10. The lowest BCUT2D eigenvalue weighted by Crippen LogP contribution is -2.20. The lowest BCUT2D eigenvalue weighted by Gasteiger charge is -2.11. The summed E-state index contributed by atoms with van der Waals surface area (Å²) in [5.41, 5.74) is 0.576. The molecule has 0 heterocycles. The van der Waals surface area contributed by atoms with Crippen LogP contribution in [-0.4, -0.2) is 21.4 Å². The molecule has 0 spiro atoms. The van der Waals surface area contributed by atoms with Gasteiger partial charge in [-0.1, -0.05) is 17.7 Å². The number of carbonyl (C=O) groups excluding carboxylic acids is 1. The third kappa shape index (κ3) is 3.87. The van der Waals surface area contributed by atoms with Crippen molar-refractivity contribution in [1.29, 1.82) is 0 Å². The Balaban J connectivity index is 2.34. The summed E-state index contributed by atoms with van der Waals surface area (Å²) in [5.74, 6) is -1.46. The van der Waals surface area contributed by atoms with Crippen LogP contribution in [-0.2, 0) is 10.0 Å². The quantitative estimate of drug-likeness (QED) is 0.884. The molecule has 1 amide bonds. The van der Waals surface area contributed by atoms with E-state index < -0.39 is 21.7 Å². The van der Waals surface area contributed by atoms with Gasteiger partial charge in [0.05, 0.1) is 10.5 Å². The van der Waals surface area contributed by atoms with Crippen LogP contribution in [0.25, 0.3) is 0 Å². The van der Waals surface area contributed by atoms with Crippen molar-refractivity contribution in [3.63, 3.8) is 0 Å². The number of anilines is 1. The van der Waals surface area contributed by atoms with Gasteiger partial charge in [-0.05, 0) is 49.9 Å². The predicted octanol–water partition coefficient (Wildman–Crippen LogP) is 2.95. The first-order valence-corrected chi connectivity index (χ1v) is 8.41. The van der Waals surface area contributed by atoms with E-state index in [-0.39, 0.29) is 21.2 Å². The molecule has 0 fully saturated rings. The summed E-state index contributed by atoms with van der Waals surface area (Å²) in [7, 11) is -2.36. The van der Waals surface area contributed by atoms with E-state index in [0.717, 1.165) is 6.07 Å². The van der Waals surface area contributed by atoms with Crippen LogP contribution < -0.4 is 10.0 Å². The summed E-state index contributed by atoms with van der Waals surface area (Å²) in [5, 5.41) is 2.65. The topological polar surface area (TPSA) is 75.3 Å². The molecule has 0 aliphatic heterocycles. The Kier molecular flexibility index (Phi) is 5.03. The van der Waals surface area contributed by atoms with Crippen LogP contribution in [0.15, 0.2) is 41.3 Å². The number of carbonyl (C=O) groups is 1. The molecule has 0 saturated heterocycles. The average molecular weight is 357 g/mol. The van der Waals surface area contributed by atoms with E-state index in [1.54, 1.807) is 13.0 Å². The maximum Gasteiger partial charge on any atom is 0.258 e.